The highest BCUT2D eigenvalue weighted by Gasteiger charge is 2.04. The molecule has 13 heavy (non-hydrogen) atoms. The number of carbonyl (C=O) groups is 1. The molecule has 0 aromatic heterocycles. The van der Waals surface area contributed by atoms with E-state index in [1.807, 2.05) is 6.07 Å². The molecule has 1 rings (SSSR count). The van der Waals surface area contributed by atoms with Crippen LogP contribution in [0.3, 0.4) is 0 Å². The van der Waals surface area contributed by atoms with Gasteiger partial charge in [-0.1, -0.05) is 18.2 Å². The minimum absolute atomic E-state index is 0.000648. The average molecular weight is 174 g/mol. The summed E-state index contributed by atoms with van der Waals surface area (Å²) in [5.41, 5.74) is 6.60. The molecular weight excluding hydrogens is 162 g/mol. The van der Waals surface area contributed by atoms with Crippen molar-refractivity contribution in [2.45, 2.75) is 5.92 Å². The quantitative estimate of drug-likeness (QED) is 0.698. The lowest BCUT2D eigenvalue weighted by molar-refractivity contribution is 0.1000. The topological polar surface area (TPSA) is 43.1 Å². The fraction of sp³-hybridized carbons (Fsp3) is 0.0909. The van der Waals surface area contributed by atoms with Crippen LogP contribution in [0.25, 0.3) is 0 Å². The van der Waals surface area contributed by atoms with Crippen molar-refractivity contribution in [3.05, 3.63) is 55.0 Å². The van der Waals surface area contributed by atoms with Gasteiger partial charge < -0.3 is 5.73 Å². The summed E-state index contributed by atoms with van der Waals surface area (Å²) in [5, 5.41) is 0. The Balaban J connectivity index is 3.04. The first kappa shape index (κ1) is 9.52. The largest absolute Gasteiger partial charge is 0.366 e. The van der Waals surface area contributed by atoms with E-state index in [-0.39, 0.29) is 5.92 Å². The van der Waals surface area contributed by atoms with E-state index < -0.39 is 5.91 Å². The molecule has 1 aromatic rings. The Morgan fingerprint density at radius 2 is 2.23 bits per heavy atom. The second kappa shape index (κ2) is 3.90. The van der Waals surface area contributed by atoms with Crippen LogP contribution in [0.4, 0.5) is 0 Å². The van der Waals surface area contributed by atoms with Crippen LogP contribution < -0.4 is 5.73 Å². The molecule has 0 bridgehead atoms. The number of carbonyl (C=O) groups excluding carboxylic acids is 1. The first-order valence-electron chi connectivity index (χ1n) is 4.00. The van der Waals surface area contributed by atoms with E-state index in [1.165, 1.54) is 0 Å². The van der Waals surface area contributed by atoms with E-state index in [1.54, 1.807) is 24.3 Å². The molecule has 1 unspecified atom stereocenters. The van der Waals surface area contributed by atoms with Gasteiger partial charge in [0.25, 0.3) is 0 Å². The van der Waals surface area contributed by atoms with Gasteiger partial charge in [-0.05, 0) is 24.6 Å². The zero-order valence-corrected chi connectivity index (χ0v) is 7.36. The molecule has 2 N–H and O–H groups in total. The van der Waals surface area contributed by atoms with Crippen molar-refractivity contribution >= 4 is 5.91 Å². The van der Waals surface area contributed by atoms with Crippen LogP contribution in [0, 0.1) is 6.92 Å². The molecule has 1 atom stereocenters. The molecule has 0 aliphatic heterocycles. The maximum Gasteiger partial charge on any atom is 0.248 e. The molecule has 67 valence electrons. The van der Waals surface area contributed by atoms with E-state index in [2.05, 4.69) is 13.5 Å². The van der Waals surface area contributed by atoms with Gasteiger partial charge in [-0.15, -0.1) is 6.58 Å². The highest BCUT2D eigenvalue weighted by molar-refractivity contribution is 5.92. The number of nitrogens with two attached hydrogens (primary N) is 1. The van der Waals surface area contributed by atoms with Gasteiger partial charge in [0.1, 0.15) is 0 Å². The van der Waals surface area contributed by atoms with Crippen LogP contribution in [0.15, 0.2) is 36.9 Å². The van der Waals surface area contributed by atoms with Gasteiger partial charge in [-0.25, -0.2) is 0 Å². The molecule has 1 radical (unpaired) electrons. The van der Waals surface area contributed by atoms with E-state index in [9.17, 15) is 4.79 Å². The summed E-state index contributed by atoms with van der Waals surface area (Å²) in [6.07, 6.45) is 1.72. The first-order chi connectivity index (χ1) is 6.15. The normalized spacial score (nSPS) is 12.1. The van der Waals surface area contributed by atoms with Gasteiger partial charge in [0.05, 0.1) is 0 Å². The summed E-state index contributed by atoms with van der Waals surface area (Å²) in [5.74, 6) is -0.419. The molecule has 0 heterocycles. The molecule has 1 amide bonds. The fourth-order valence-electron chi connectivity index (χ4n) is 1.06. The second-order valence-corrected chi connectivity index (χ2v) is 2.83. The standard InChI is InChI=1S/C11H12NO/c1-3-8(2)9-5-4-6-10(7-9)11(12)13/h3-8H,1-2H2,(H2,12,13). The van der Waals surface area contributed by atoms with Crippen molar-refractivity contribution in [1.29, 1.82) is 0 Å². The SMILES string of the molecule is [CH2]C(C=C)c1cccc(C(N)=O)c1. The van der Waals surface area contributed by atoms with Crippen LogP contribution in [0.2, 0.25) is 0 Å². The van der Waals surface area contributed by atoms with E-state index in [0.717, 1.165) is 5.56 Å². The van der Waals surface area contributed by atoms with E-state index >= 15 is 0 Å². The van der Waals surface area contributed by atoms with Crippen LogP contribution in [0.5, 0.6) is 0 Å². The summed E-state index contributed by atoms with van der Waals surface area (Å²) in [6, 6.07) is 7.10. The summed E-state index contributed by atoms with van der Waals surface area (Å²) in [6.45, 7) is 7.49. The third-order valence-electron chi connectivity index (χ3n) is 1.88. The zero-order valence-electron chi connectivity index (χ0n) is 7.36. The van der Waals surface area contributed by atoms with Gasteiger partial charge in [0, 0.05) is 11.5 Å². The van der Waals surface area contributed by atoms with E-state index in [4.69, 9.17) is 5.73 Å². The maximum atomic E-state index is 10.8. The molecular formula is C11H12NO. The van der Waals surface area contributed by atoms with Gasteiger partial charge in [-0.2, -0.15) is 0 Å². The molecule has 2 nitrogen and oxygen atoms in total. The van der Waals surface area contributed by atoms with Gasteiger partial charge in [-0.3, -0.25) is 4.79 Å². The Morgan fingerprint density at radius 1 is 1.54 bits per heavy atom. The van der Waals surface area contributed by atoms with Gasteiger partial charge >= 0.3 is 0 Å². The molecule has 1 aromatic carbocycles. The van der Waals surface area contributed by atoms with Crippen molar-refractivity contribution in [1.82, 2.24) is 0 Å². The molecule has 0 saturated heterocycles. The van der Waals surface area contributed by atoms with Crippen LogP contribution in [-0.2, 0) is 0 Å². The van der Waals surface area contributed by atoms with E-state index in [0.29, 0.717) is 5.56 Å². The predicted molar refractivity (Wildman–Crippen MR) is 53.3 cm³/mol. The van der Waals surface area contributed by atoms with Crippen molar-refractivity contribution in [2.24, 2.45) is 5.73 Å². The van der Waals surface area contributed by atoms with Crippen molar-refractivity contribution < 1.29 is 4.79 Å². The van der Waals surface area contributed by atoms with Crippen LogP contribution >= 0.6 is 0 Å². The highest BCUT2D eigenvalue weighted by Crippen LogP contribution is 2.16. The molecule has 0 saturated carbocycles. The monoisotopic (exact) mass is 174 g/mol. The number of primary amides is 1. The zero-order chi connectivity index (χ0) is 9.84. The maximum absolute atomic E-state index is 10.8. The average Bonchev–Trinajstić information content (AvgIpc) is 2.17. The number of hydrogen-bond donors (Lipinski definition) is 1. The van der Waals surface area contributed by atoms with Crippen molar-refractivity contribution in [3.63, 3.8) is 0 Å². The summed E-state index contributed by atoms with van der Waals surface area (Å²) in [7, 11) is 0. The lowest BCUT2D eigenvalue weighted by atomic mass is 9.99. The lowest BCUT2D eigenvalue weighted by Gasteiger charge is -2.06. The van der Waals surface area contributed by atoms with Crippen LogP contribution in [0.1, 0.15) is 21.8 Å². The lowest BCUT2D eigenvalue weighted by Crippen LogP contribution is -2.11. The first-order valence-corrected chi connectivity index (χ1v) is 4.00. The summed E-state index contributed by atoms with van der Waals surface area (Å²) in [4.78, 5) is 10.8. The molecule has 2 heteroatoms. The molecule has 0 spiro atoms. The summed E-state index contributed by atoms with van der Waals surface area (Å²) >= 11 is 0. The molecule has 0 aliphatic carbocycles. The Bertz CT molecular complexity index is 331. The minimum Gasteiger partial charge on any atom is -0.366 e. The second-order valence-electron chi connectivity index (χ2n) is 2.83. The number of rotatable bonds is 3. The Kier molecular flexibility index (Phi) is 2.85. The Labute approximate surface area is 78.1 Å². The Morgan fingerprint density at radius 3 is 2.77 bits per heavy atom. The smallest absolute Gasteiger partial charge is 0.248 e. The van der Waals surface area contributed by atoms with Crippen LogP contribution in [-0.4, -0.2) is 5.91 Å². The fourth-order valence-corrected chi connectivity index (χ4v) is 1.06. The summed E-state index contributed by atoms with van der Waals surface area (Å²) < 4.78 is 0. The highest BCUT2D eigenvalue weighted by atomic mass is 16.1. The third-order valence-corrected chi connectivity index (χ3v) is 1.88. The number of allylic oxidation sites excluding steroid dienone is 1. The third kappa shape index (κ3) is 2.18. The molecule has 0 fully saturated rings. The number of amides is 1. The molecule has 0 aliphatic rings. The number of benzene rings is 1. The van der Waals surface area contributed by atoms with Gasteiger partial charge in [0.15, 0.2) is 0 Å². The number of hydrogen-bond acceptors (Lipinski definition) is 1. The minimum atomic E-state index is -0.418. The van der Waals surface area contributed by atoms with Crippen molar-refractivity contribution in [3.8, 4) is 0 Å². The Hall–Kier alpha value is -1.57. The van der Waals surface area contributed by atoms with Crippen molar-refractivity contribution in [2.75, 3.05) is 0 Å². The van der Waals surface area contributed by atoms with Gasteiger partial charge in [0.2, 0.25) is 5.91 Å². The predicted octanol–water partition coefficient (Wildman–Crippen LogP) is 1.89.